The lowest BCUT2D eigenvalue weighted by Crippen LogP contribution is -2.33. The number of nitrogens with one attached hydrogen (secondary N) is 3. The summed E-state index contributed by atoms with van der Waals surface area (Å²) in [6, 6.07) is 19.2. The number of hydroxylamine groups is 6. The van der Waals surface area contributed by atoms with Crippen LogP contribution in [0.2, 0.25) is 0 Å². The molecule has 6 N–H and O–H groups in total. The predicted molar refractivity (Wildman–Crippen MR) is 327 cm³/mol. The second-order valence-electron chi connectivity index (χ2n) is 21.5. The highest BCUT2D eigenvalue weighted by Gasteiger charge is 2.29. The van der Waals surface area contributed by atoms with E-state index in [2.05, 4.69) is 31.2 Å². The summed E-state index contributed by atoms with van der Waals surface area (Å²) in [4.78, 5) is 105. The molecule has 26 nitrogen and oxygen atoms in total. The van der Waals surface area contributed by atoms with Gasteiger partial charge in [-0.2, -0.15) is 0 Å². The Balaban J connectivity index is 0.888. The number of benzene rings is 2. The summed E-state index contributed by atoms with van der Waals surface area (Å²) in [7, 11) is 0. The molecule has 0 fully saturated rings. The van der Waals surface area contributed by atoms with Crippen molar-refractivity contribution < 1.29 is 72.9 Å². The maximum absolute atomic E-state index is 14.1. The molecule has 1 aliphatic heterocycles. The largest absolute Gasteiger partial charge is 0.379 e. The van der Waals surface area contributed by atoms with E-state index in [0.717, 1.165) is 34.4 Å². The van der Waals surface area contributed by atoms with Gasteiger partial charge in [-0.1, -0.05) is 47.7 Å². The molecular weight excluding hydrogens is 1150 g/mol. The molecule has 0 bridgehead atoms. The van der Waals surface area contributed by atoms with Crippen LogP contribution >= 0.6 is 0 Å². The minimum absolute atomic E-state index is 0.0307. The Labute approximate surface area is 520 Å². The lowest BCUT2D eigenvalue weighted by atomic mass is 9.95. The molecule has 0 saturated heterocycles. The molecule has 0 atom stereocenters. The van der Waals surface area contributed by atoms with Crippen LogP contribution in [0.1, 0.15) is 134 Å². The lowest BCUT2D eigenvalue weighted by Gasteiger charge is -2.28. The van der Waals surface area contributed by atoms with E-state index in [9.17, 15) is 54.0 Å². The number of nitrogens with zero attached hydrogens (tertiary/aromatic N) is 8. The number of pyridine rings is 1. The smallest absolute Gasteiger partial charge is 0.246 e. The maximum Gasteiger partial charge on any atom is 0.246 e. The molecular formula is C63H91N11O15. The fraction of sp³-hybridized carbons (Fsp3) is 0.571. The first-order valence-corrected chi connectivity index (χ1v) is 31.1. The Bertz CT molecular complexity index is 2810. The highest BCUT2D eigenvalue weighted by atomic mass is 16.6. The molecule has 1 aliphatic rings. The standard InChI is InChI=1S/C63H91N11O15/c1-49(75)72(83)36-12-2-9-31-66-57(78)24-27-60(81)74(85)38-14-4-11-33-67-58(79)25-28-61(82)73(84)37-13-3-10-32-65-56(77)23-26-59(80)70-48-51-16-5-6-18-53(51)62-63(54-19-7-8-20-55(54)70)71(69-68-62)39-41-87-43-45-89-47-46-88-44-42-86-40-15-17-52(76)22-21-50-29-34-64-35-30-50/h5-8,16,18-20,29-30,34-35,83-85H,2-4,9-15,17,21-28,31-33,36-48H2,1H3,(H,65,77)(H,66,78)(H,67,79). The van der Waals surface area contributed by atoms with E-state index in [-0.39, 0.29) is 94.1 Å². The van der Waals surface area contributed by atoms with Crippen molar-refractivity contribution in [1.82, 2.24) is 51.1 Å². The van der Waals surface area contributed by atoms with Crippen molar-refractivity contribution in [3.63, 3.8) is 0 Å². The minimum atomic E-state index is -0.594. The first-order valence-electron chi connectivity index (χ1n) is 31.1. The van der Waals surface area contributed by atoms with Gasteiger partial charge in [0.15, 0.2) is 0 Å². The summed E-state index contributed by atoms with van der Waals surface area (Å²) in [5.41, 5.74) is 5.68. The number of rotatable bonds is 46. The van der Waals surface area contributed by atoms with Gasteiger partial charge in [0, 0.05) is 128 Å². The van der Waals surface area contributed by atoms with E-state index in [0.29, 0.717) is 183 Å². The van der Waals surface area contributed by atoms with Crippen LogP contribution in [0.15, 0.2) is 73.1 Å². The third-order valence-corrected chi connectivity index (χ3v) is 14.6. The van der Waals surface area contributed by atoms with Gasteiger partial charge in [-0.3, -0.25) is 59.0 Å². The van der Waals surface area contributed by atoms with E-state index in [4.69, 9.17) is 18.9 Å². The number of hydrogen-bond donors (Lipinski definition) is 6. The number of para-hydroxylation sites is 1. The normalized spacial score (nSPS) is 11.6. The van der Waals surface area contributed by atoms with Crippen molar-refractivity contribution in [2.24, 2.45) is 0 Å². The van der Waals surface area contributed by atoms with Crippen LogP contribution in [0, 0.1) is 0 Å². The Kier molecular flexibility index (Phi) is 34.3. The molecule has 0 aliphatic carbocycles. The molecule has 0 unspecified atom stereocenters. The number of anilines is 1. The highest BCUT2D eigenvalue weighted by molar-refractivity contribution is 6.01. The average Bonchev–Trinajstić information content (AvgIpc) is 1.74. The second-order valence-corrected chi connectivity index (χ2v) is 21.5. The van der Waals surface area contributed by atoms with Gasteiger partial charge < -0.3 is 39.8 Å². The molecule has 488 valence electrons. The number of amides is 7. The second kappa shape index (κ2) is 42.4. The van der Waals surface area contributed by atoms with Crippen LogP contribution in [0.25, 0.3) is 22.5 Å². The molecule has 0 spiro atoms. The predicted octanol–water partition coefficient (Wildman–Crippen LogP) is 5.78. The first kappa shape index (κ1) is 72.2. The molecule has 7 amide bonds. The number of ether oxygens (including phenoxy) is 4. The van der Waals surface area contributed by atoms with E-state index < -0.39 is 17.7 Å². The number of ketones is 1. The molecule has 2 aromatic heterocycles. The van der Waals surface area contributed by atoms with Gasteiger partial charge in [0.25, 0.3) is 0 Å². The van der Waals surface area contributed by atoms with Gasteiger partial charge in [0.1, 0.15) is 11.5 Å². The van der Waals surface area contributed by atoms with Crippen molar-refractivity contribution in [3.05, 3.63) is 84.2 Å². The number of hydrogen-bond acceptors (Lipinski definition) is 18. The van der Waals surface area contributed by atoms with Crippen molar-refractivity contribution in [3.8, 4) is 22.5 Å². The van der Waals surface area contributed by atoms with Crippen LogP contribution in [0.5, 0.6) is 0 Å². The molecule has 5 rings (SSSR count). The Morgan fingerprint density at radius 2 is 1.01 bits per heavy atom. The number of aromatic nitrogens is 4. The van der Waals surface area contributed by atoms with Crippen LogP contribution in [-0.2, 0) is 76.8 Å². The third-order valence-electron chi connectivity index (χ3n) is 14.6. The summed E-state index contributed by atoms with van der Waals surface area (Å²) < 4.78 is 24.6. The number of fused-ring (bicyclic) bond motifs is 5. The van der Waals surface area contributed by atoms with Gasteiger partial charge in [-0.25, -0.2) is 19.9 Å². The van der Waals surface area contributed by atoms with Crippen LogP contribution in [0.4, 0.5) is 5.69 Å². The molecule has 0 saturated carbocycles. The zero-order valence-corrected chi connectivity index (χ0v) is 51.5. The lowest BCUT2D eigenvalue weighted by molar-refractivity contribution is -0.166. The fourth-order valence-electron chi connectivity index (χ4n) is 9.54. The van der Waals surface area contributed by atoms with E-state index in [1.807, 2.05) is 60.7 Å². The molecule has 2 aromatic carbocycles. The van der Waals surface area contributed by atoms with E-state index in [1.54, 1.807) is 22.0 Å². The van der Waals surface area contributed by atoms with Crippen molar-refractivity contribution in [1.29, 1.82) is 0 Å². The van der Waals surface area contributed by atoms with Crippen molar-refractivity contribution >= 4 is 52.8 Å². The van der Waals surface area contributed by atoms with Crippen LogP contribution in [-0.4, -0.2) is 190 Å². The zero-order chi connectivity index (χ0) is 63.9. The number of Topliss-reactive ketones (excluding diaryl/α,β-unsaturated/α-hetero) is 1. The number of aryl methyl sites for hydroxylation is 1. The van der Waals surface area contributed by atoms with Crippen molar-refractivity contribution in [2.75, 3.05) is 97.0 Å². The molecule has 89 heavy (non-hydrogen) atoms. The highest BCUT2D eigenvalue weighted by Crippen LogP contribution is 2.41. The van der Waals surface area contributed by atoms with Gasteiger partial charge in [-0.15, -0.1) is 5.10 Å². The Morgan fingerprint density at radius 1 is 0.517 bits per heavy atom. The SMILES string of the molecule is CC(=O)N(O)CCCCCNC(=O)CCC(=O)N(O)CCCCCNC(=O)CCC(=O)N(O)CCCCCNC(=O)CCC(=O)N1Cc2ccccc2-c2nnn(CCOCCOCCOCCOCCCC(=O)CCc3ccncc3)c2-c2ccccc21. The van der Waals surface area contributed by atoms with Gasteiger partial charge in [0.05, 0.1) is 70.7 Å². The van der Waals surface area contributed by atoms with Crippen LogP contribution < -0.4 is 20.9 Å². The zero-order valence-electron chi connectivity index (χ0n) is 51.5. The minimum Gasteiger partial charge on any atom is -0.379 e. The Hall–Kier alpha value is -7.59. The van der Waals surface area contributed by atoms with Crippen LogP contribution in [0.3, 0.4) is 0 Å². The average molecular weight is 1240 g/mol. The topological polar surface area (TPSA) is 327 Å². The number of carbonyl (C=O) groups excluding carboxylic acids is 8. The molecule has 3 heterocycles. The number of carbonyl (C=O) groups is 8. The summed E-state index contributed by atoms with van der Waals surface area (Å²) in [5.74, 6) is -2.57. The van der Waals surface area contributed by atoms with Gasteiger partial charge in [0.2, 0.25) is 41.4 Å². The molecule has 26 heteroatoms. The summed E-state index contributed by atoms with van der Waals surface area (Å²) in [6.45, 7) is 6.55. The monoisotopic (exact) mass is 1240 g/mol. The van der Waals surface area contributed by atoms with E-state index in [1.165, 1.54) is 6.92 Å². The maximum atomic E-state index is 14.1. The van der Waals surface area contributed by atoms with Crippen molar-refractivity contribution in [2.45, 2.75) is 142 Å². The number of unbranched alkanes of at least 4 members (excludes halogenated alkanes) is 6. The summed E-state index contributed by atoms with van der Waals surface area (Å²) in [6.07, 6.45) is 10.4. The Morgan fingerprint density at radius 3 is 1.57 bits per heavy atom. The fourth-order valence-corrected chi connectivity index (χ4v) is 9.54. The first-order chi connectivity index (χ1) is 43.2. The molecule has 4 aromatic rings. The quantitative estimate of drug-likeness (QED) is 0.0174. The molecule has 0 radical (unpaired) electrons. The van der Waals surface area contributed by atoms with E-state index >= 15 is 0 Å². The summed E-state index contributed by atoms with van der Waals surface area (Å²) in [5, 5.41) is 49.0. The van der Waals surface area contributed by atoms with Gasteiger partial charge in [-0.05, 0) is 100.0 Å². The summed E-state index contributed by atoms with van der Waals surface area (Å²) >= 11 is 0. The van der Waals surface area contributed by atoms with Gasteiger partial charge >= 0.3 is 0 Å². The third kappa shape index (κ3) is 28.2.